The van der Waals surface area contributed by atoms with Gasteiger partial charge in [0, 0.05) is 0 Å². The van der Waals surface area contributed by atoms with Crippen molar-refractivity contribution >= 4 is 27.5 Å². The lowest BCUT2D eigenvalue weighted by molar-refractivity contribution is 0.618. The van der Waals surface area contributed by atoms with Crippen LogP contribution in [0.2, 0.25) is 5.02 Å². The zero-order chi connectivity index (χ0) is 9.84. The van der Waals surface area contributed by atoms with E-state index in [0.717, 1.165) is 18.4 Å². The van der Waals surface area contributed by atoms with Crippen molar-refractivity contribution in [3.8, 4) is 0 Å². The molecule has 2 N–H and O–H groups in total. The van der Waals surface area contributed by atoms with Gasteiger partial charge in [-0.05, 0) is 46.9 Å². The second kappa shape index (κ2) is 4.94. The Morgan fingerprint density at radius 2 is 2.15 bits per heavy atom. The van der Waals surface area contributed by atoms with Crippen LogP contribution in [0.25, 0.3) is 0 Å². The van der Waals surface area contributed by atoms with Crippen LogP contribution in [0.3, 0.4) is 0 Å². The van der Waals surface area contributed by atoms with Gasteiger partial charge in [-0.1, -0.05) is 17.7 Å². The van der Waals surface area contributed by atoms with Crippen molar-refractivity contribution in [3.63, 3.8) is 0 Å². The molecule has 0 saturated carbocycles. The third-order valence-electron chi connectivity index (χ3n) is 1.77. The normalized spacial score (nSPS) is 10.5. The van der Waals surface area contributed by atoms with Crippen LogP contribution >= 0.6 is 27.5 Å². The molecule has 0 amide bonds. The maximum atomic E-state index is 13.2. The van der Waals surface area contributed by atoms with E-state index in [1.54, 1.807) is 6.07 Å². The molecule has 1 nitrogen and oxygen atoms in total. The molecule has 0 bridgehead atoms. The fourth-order valence-corrected chi connectivity index (χ4v) is 1.76. The smallest absolute Gasteiger partial charge is 0.156 e. The molecule has 4 heteroatoms. The maximum absolute atomic E-state index is 13.2. The molecular weight excluding hydrogens is 256 g/mol. The van der Waals surface area contributed by atoms with E-state index < -0.39 is 5.82 Å². The van der Waals surface area contributed by atoms with Crippen molar-refractivity contribution in [3.05, 3.63) is 33.0 Å². The van der Waals surface area contributed by atoms with Gasteiger partial charge in [0.1, 0.15) is 0 Å². The van der Waals surface area contributed by atoms with Crippen molar-refractivity contribution in [2.45, 2.75) is 12.8 Å². The summed E-state index contributed by atoms with van der Waals surface area (Å²) in [5.41, 5.74) is 6.16. The number of hydrogen-bond acceptors (Lipinski definition) is 1. The van der Waals surface area contributed by atoms with Crippen LogP contribution in [-0.2, 0) is 6.42 Å². The van der Waals surface area contributed by atoms with E-state index in [2.05, 4.69) is 15.9 Å². The Balaban J connectivity index is 2.90. The molecule has 0 aromatic heterocycles. The second-order valence-electron chi connectivity index (χ2n) is 2.73. The predicted octanol–water partition coefficient (Wildman–Crippen LogP) is 3.13. The van der Waals surface area contributed by atoms with Crippen molar-refractivity contribution in [1.82, 2.24) is 0 Å². The van der Waals surface area contributed by atoms with Gasteiger partial charge in [-0.2, -0.15) is 0 Å². The van der Waals surface area contributed by atoms with E-state index in [9.17, 15) is 4.39 Å². The summed E-state index contributed by atoms with van der Waals surface area (Å²) >= 11 is 8.85. The van der Waals surface area contributed by atoms with Crippen molar-refractivity contribution in [2.75, 3.05) is 6.54 Å². The summed E-state index contributed by atoms with van der Waals surface area (Å²) in [6.45, 7) is 0.591. The minimum absolute atomic E-state index is 0.197. The van der Waals surface area contributed by atoms with Crippen LogP contribution < -0.4 is 5.73 Å². The number of hydrogen-bond donors (Lipinski definition) is 1. The number of benzene rings is 1. The van der Waals surface area contributed by atoms with E-state index in [4.69, 9.17) is 17.3 Å². The van der Waals surface area contributed by atoms with Crippen molar-refractivity contribution in [1.29, 1.82) is 0 Å². The lowest BCUT2D eigenvalue weighted by Crippen LogP contribution is -2.01. The van der Waals surface area contributed by atoms with Gasteiger partial charge in [-0.15, -0.1) is 0 Å². The van der Waals surface area contributed by atoms with Crippen molar-refractivity contribution in [2.24, 2.45) is 5.73 Å². The van der Waals surface area contributed by atoms with Gasteiger partial charge in [0.05, 0.1) is 9.50 Å². The largest absolute Gasteiger partial charge is 0.330 e. The minimum Gasteiger partial charge on any atom is -0.330 e. The summed E-state index contributed by atoms with van der Waals surface area (Å²) in [6.07, 6.45) is 1.54. The molecule has 1 rings (SSSR count). The van der Waals surface area contributed by atoms with Gasteiger partial charge in [0.15, 0.2) is 5.82 Å². The van der Waals surface area contributed by atoms with Gasteiger partial charge in [0.2, 0.25) is 0 Å². The Hall–Kier alpha value is -0.120. The number of halogens is 3. The number of nitrogens with two attached hydrogens (primary N) is 1. The topological polar surface area (TPSA) is 26.0 Å². The van der Waals surface area contributed by atoms with Crippen LogP contribution in [0.15, 0.2) is 16.6 Å². The van der Waals surface area contributed by atoms with E-state index in [0.29, 0.717) is 11.0 Å². The average molecular weight is 267 g/mol. The molecule has 0 radical (unpaired) electrons. The first-order chi connectivity index (χ1) is 6.16. The molecule has 0 heterocycles. The lowest BCUT2D eigenvalue weighted by atomic mass is 10.1. The monoisotopic (exact) mass is 265 g/mol. The SMILES string of the molecule is NCCCc1ccc(Br)c(F)c1Cl. The number of rotatable bonds is 3. The first-order valence-corrected chi connectivity index (χ1v) is 5.16. The Labute approximate surface area is 90.2 Å². The van der Waals surface area contributed by atoms with Crippen LogP contribution in [0.4, 0.5) is 4.39 Å². The van der Waals surface area contributed by atoms with Crippen molar-refractivity contribution < 1.29 is 4.39 Å². The molecule has 0 fully saturated rings. The van der Waals surface area contributed by atoms with E-state index in [1.807, 2.05) is 6.07 Å². The third-order valence-corrected chi connectivity index (χ3v) is 2.79. The molecule has 13 heavy (non-hydrogen) atoms. The second-order valence-corrected chi connectivity index (χ2v) is 3.96. The molecule has 0 saturated heterocycles. The molecule has 0 aliphatic rings. The first-order valence-electron chi connectivity index (χ1n) is 3.99. The highest BCUT2D eigenvalue weighted by molar-refractivity contribution is 9.10. The van der Waals surface area contributed by atoms with Gasteiger partial charge in [-0.25, -0.2) is 4.39 Å². The van der Waals surface area contributed by atoms with Crippen LogP contribution in [0.1, 0.15) is 12.0 Å². The van der Waals surface area contributed by atoms with Gasteiger partial charge in [-0.3, -0.25) is 0 Å². The first kappa shape index (κ1) is 11.0. The average Bonchev–Trinajstić information content (AvgIpc) is 2.13. The molecule has 1 aromatic carbocycles. The standard InChI is InChI=1S/C9H10BrClFN/c10-7-4-3-6(2-1-5-13)8(11)9(7)12/h3-4H,1-2,5,13H2. The van der Waals surface area contributed by atoms with Crippen LogP contribution in [0, 0.1) is 5.82 Å². The zero-order valence-corrected chi connectivity index (χ0v) is 9.33. The summed E-state index contributed by atoms with van der Waals surface area (Å²) in [6, 6.07) is 3.47. The Morgan fingerprint density at radius 3 is 2.77 bits per heavy atom. The fraction of sp³-hybridized carbons (Fsp3) is 0.333. The van der Waals surface area contributed by atoms with Gasteiger partial charge in [0.25, 0.3) is 0 Å². The highest BCUT2D eigenvalue weighted by Gasteiger charge is 2.08. The maximum Gasteiger partial charge on any atom is 0.156 e. The summed E-state index contributed by atoms with van der Waals surface area (Å²) in [4.78, 5) is 0. The van der Waals surface area contributed by atoms with E-state index in [1.165, 1.54) is 0 Å². The van der Waals surface area contributed by atoms with E-state index >= 15 is 0 Å². The summed E-state index contributed by atoms with van der Waals surface area (Å²) in [5, 5.41) is 0.197. The van der Waals surface area contributed by atoms with E-state index in [-0.39, 0.29) is 5.02 Å². The van der Waals surface area contributed by atoms with Crippen LogP contribution in [0.5, 0.6) is 0 Å². The Kier molecular flexibility index (Phi) is 4.16. The molecule has 1 aromatic rings. The quantitative estimate of drug-likeness (QED) is 0.836. The molecule has 0 spiro atoms. The molecule has 0 aliphatic heterocycles. The summed E-state index contributed by atoms with van der Waals surface area (Å²) in [5.74, 6) is -0.392. The summed E-state index contributed by atoms with van der Waals surface area (Å²) < 4.78 is 13.6. The van der Waals surface area contributed by atoms with Crippen LogP contribution in [-0.4, -0.2) is 6.54 Å². The molecule has 0 atom stereocenters. The highest BCUT2D eigenvalue weighted by Crippen LogP contribution is 2.27. The molecule has 0 aliphatic carbocycles. The minimum atomic E-state index is -0.392. The summed E-state index contributed by atoms with van der Waals surface area (Å²) in [7, 11) is 0. The van der Waals surface area contributed by atoms with Gasteiger partial charge < -0.3 is 5.73 Å². The highest BCUT2D eigenvalue weighted by atomic mass is 79.9. The molecular formula is C9H10BrClFN. The van der Waals surface area contributed by atoms with Gasteiger partial charge >= 0.3 is 0 Å². The molecule has 72 valence electrons. The Morgan fingerprint density at radius 1 is 1.46 bits per heavy atom. The molecule has 0 unspecified atom stereocenters. The lowest BCUT2D eigenvalue weighted by Gasteiger charge is -2.05. The third kappa shape index (κ3) is 2.66. The predicted molar refractivity (Wildman–Crippen MR) is 56.5 cm³/mol. The number of aryl methyl sites for hydroxylation is 1. The fourth-order valence-electron chi connectivity index (χ4n) is 1.05. The zero-order valence-electron chi connectivity index (χ0n) is 6.99. The Bertz CT molecular complexity index is 304.